The molecule has 0 aliphatic heterocycles. The van der Waals surface area contributed by atoms with E-state index >= 15 is 0 Å². The minimum Gasteiger partial charge on any atom is -0.507 e. The zero-order valence-corrected chi connectivity index (χ0v) is 28.7. The van der Waals surface area contributed by atoms with Gasteiger partial charge >= 0.3 is 0 Å². The Kier molecular flexibility index (Phi) is 10.2. The molecule has 0 atom stereocenters. The monoisotopic (exact) mass is 614 g/mol. The van der Waals surface area contributed by atoms with Crippen molar-refractivity contribution in [1.29, 1.82) is 0 Å². The third kappa shape index (κ3) is 8.66. The summed E-state index contributed by atoms with van der Waals surface area (Å²) in [5, 5.41) is 13.4. The van der Waals surface area contributed by atoms with Crippen molar-refractivity contribution < 1.29 is 18.1 Å². The largest absolute Gasteiger partial charge is 0.507 e. The highest BCUT2D eigenvalue weighted by atomic mass is 32.2. The van der Waals surface area contributed by atoms with E-state index in [4.69, 9.17) is 4.55 Å². The summed E-state index contributed by atoms with van der Waals surface area (Å²) in [6.07, 6.45) is 2.12. The highest BCUT2D eigenvalue weighted by Gasteiger charge is 2.27. The summed E-state index contributed by atoms with van der Waals surface area (Å²) in [6, 6.07) is 13.0. The van der Waals surface area contributed by atoms with Crippen molar-refractivity contribution in [3.05, 3.63) is 72.6 Å². The van der Waals surface area contributed by atoms with E-state index < -0.39 is 10.1 Å². The molecule has 0 aliphatic rings. The molecular weight excluding hydrogens is 569 g/mol. The van der Waals surface area contributed by atoms with Gasteiger partial charge in [-0.05, 0) is 103 Å². The van der Waals surface area contributed by atoms with Crippen LogP contribution in [-0.2, 0) is 27.4 Å². The van der Waals surface area contributed by atoms with Gasteiger partial charge in [0.05, 0.1) is 5.75 Å². The summed E-state index contributed by atoms with van der Waals surface area (Å²) in [4.78, 5) is 5.33. The number of rotatable bonds is 6. The molecule has 2 aromatic heterocycles. The number of thiophene rings is 2. The molecule has 0 amide bonds. The normalized spacial score (nSPS) is 12.5. The van der Waals surface area contributed by atoms with Gasteiger partial charge in [0, 0.05) is 30.6 Å². The van der Waals surface area contributed by atoms with Crippen LogP contribution in [0.25, 0.3) is 21.9 Å². The maximum Gasteiger partial charge on any atom is 0.264 e. The second-order valence-corrected chi connectivity index (χ2v) is 17.5. The SMILES string of the molecule is Cc1cc(-c2cc(C(C)(C)C)c(O)c(C(C)(C)C)c2)c(C)s1.Cc1sc(C)c2cc(CCCCS(=O)(=O)O)ccc12. The van der Waals surface area contributed by atoms with Gasteiger partial charge in [-0.15, -0.1) is 22.7 Å². The number of phenols is 1. The fourth-order valence-corrected chi connectivity index (χ4v) is 7.69. The van der Waals surface area contributed by atoms with E-state index in [9.17, 15) is 13.5 Å². The van der Waals surface area contributed by atoms with Gasteiger partial charge in [0.2, 0.25) is 0 Å². The van der Waals surface area contributed by atoms with Gasteiger partial charge in [0.25, 0.3) is 10.1 Å². The van der Waals surface area contributed by atoms with Crippen LogP contribution < -0.4 is 0 Å². The van der Waals surface area contributed by atoms with E-state index in [1.807, 2.05) is 22.7 Å². The van der Waals surface area contributed by atoms with Gasteiger partial charge < -0.3 is 5.11 Å². The zero-order valence-electron chi connectivity index (χ0n) is 26.2. The molecule has 0 aliphatic carbocycles. The maximum absolute atomic E-state index is 10.8. The fourth-order valence-electron chi connectivity index (χ4n) is 5.15. The highest BCUT2D eigenvalue weighted by Crippen LogP contribution is 2.43. The van der Waals surface area contributed by atoms with Crippen molar-refractivity contribution in [3.8, 4) is 16.9 Å². The lowest BCUT2D eigenvalue weighted by Gasteiger charge is -2.28. The van der Waals surface area contributed by atoms with Crippen molar-refractivity contribution in [3.63, 3.8) is 0 Å². The number of fused-ring (bicyclic) bond motifs is 1. The number of phenolic OH excluding ortho intramolecular Hbond substituents is 1. The molecule has 2 N–H and O–H groups in total. The van der Waals surface area contributed by atoms with Gasteiger partial charge in [-0.1, -0.05) is 59.7 Å². The van der Waals surface area contributed by atoms with Gasteiger partial charge in [0.15, 0.2) is 0 Å². The van der Waals surface area contributed by atoms with E-state index in [0.717, 1.165) is 24.0 Å². The molecule has 0 saturated heterocycles. The number of aryl methyl sites for hydroxylation is 5. The Balaban J connectivity index is 0.000000228. The van der Waals surface area contributed by atoms with Crippen molar-refractivity contribution in [2.75, 3.05) is 5.75 Å². The van der Waals surface area contributed by atoms with Crippen LogP contribution in [0.15, 0.2) is 36.4 Å². The molecule has 41 heavy (non-hydrogen) atoms. The molecule has 224 valence electrons. The predicted molar refractivity (Wildman–Crippen MR) is 179 cm³/mol. The van der Waals surface area contributed by atoms with Gasteiger partial charge in [-0.3, -0.25) is 4.55 Å². The lowest BCUT2D eigenvalue weighted by atomic mass is 9.78. The number of hydrogen-bond acceptors (Lipinski definition) is 5. The van der Waals surface area contributed by atoms with Crippen molar-refractivity contribution >= 4 is 43.6 Å². The smallest absolute Gasteiger partial charge is 0.264 e. The van der Waals surface area contributed by atoms with Crippen LogP contribution in [0.4, 0.5) is 0 Å². The second kappa shape index (κ2) is 12.6. The summed E-state index contributed by atoms with van der Waals surface area (Å²) in [5.41, 5.74) is 5.62. The van der Waals surface area contributed by atoms with Gasteiger partial charge in [-0.2, -0.15) is 8.42 Å². The molecule has 0 spiro atoms. The van der Waals surface area contributed by atoms with Crippen molar-refractivity contribution in [1.82, 2.24) is 0 Å². The van der Waals surface area contributed by atoms with Gasteiger partial charge in [-0.25, -0.2) is 0 Å². The Morgan fingerprint density at radius 3 is 1.78 bits per heavy atom. The Hall–Kier alpha value is -2.19. The average molecular weight is 615 g/mol. The molecule has 4 nitrogen and oxygen atoms in total. The number of aromatic hydroxyl groups is 1. The van der Waals surface area contributed by atoms with Crippen LogP contribution in [0.3, 0.4) is 0 Å². The van der Waals surface area contributed by atoms with E-state index in [1.165, 1.54) is 47.0 Å². The average Bonchev–Trinajstić information content (AvgIpc) is 3.31. The first-order chi connectivity index (χ1) is 18.8. The minimum atomic E-state index is -3.81. The summed E-state index contributed by atoms with van der Waals surface area (Å²) in [5.74, 6) is 0.305. The Labute approximate surface area is 255 Å². The van der Waals surface area contributed by atoms with E-state index in [2.05, 4.69) is 106 Å². The summed E-state index contributed by atoms with van der Waals surface area (Å²) >= 11 is 3.64. The predicted octanol–water partition coefficient (Wildman–Crippen LogP) is 10.1. The molecule has 2 aromatic carbocycles. The molecule has 0 fully saturated rings. The van der Waals surface area contributed by atoms with Gasteiger partial charge in [0.1, 0.15) is 5.75 Å². The molecule has 0 bridgehead atoms. The molecular formula is C34H46O4S3. The molecule has 0 unspecified atom stereocenters. The number of unbranched alkanes of at least 4 members (excludes halogenated alkanes) is 1. The van der Waals surface area contributed by atoms with Crippen LogP contribution in [-0.4, -0.2) is 23.8 Å². The molecule has 7 heteroatoms. The highest BCUT2D eigenvalue weighted by molar-refractivity contribution is 7.85. The molecule has 4 aromatic rings. The van der Waals surface area contributed by atoms with E-state index in [0.29, 0.717) is 12.2 Å². The van der Waals surface area contributed by atoms with Crippen LogP contribution in [0.2, 0.25) is 0 Å². The first-order valence-electron chi connectivity index (χ1n) is 14.2. The fraction of sp³-hybridized carbons (Fsp3) is 0.471. The van der Waals surface area contributed by atoms with Crippen molar-refractivity contribution in [2.24, 2.45) is 0 Å². The topological polar surface area (TPSA) is 74.6 Å². The second-order valence-electron chi connectivity index (χ2n) is 13.1. The maximum atomic E-state index is 10.8. The van der Waals surface area contributed by atoms with Crippen molar-refractivity contribution in [2.45, 2.75) is 99.3 Å². The quantitative estimate of drug-likeness (QED) is 0.167. The standard InChI is InChI=1S/C20H28OS.C14H18O3S2/c1-12-9-15(13(2)22-12)14-10-16(19(3,4)5)18(21)17(11-14)20(6,7)8;1-10-13-7-6-12(9-14(13)11(2)18-10)5-3-4-8-19(15,16)17/h9-11,21H,1-8H3;6-7,9H,3-5,8H2,1-2H3,(H,15,16,17). The van der Waals surface area contributed by atoms with Crippen LogP contribution in [0.5, 0.6) is 5.75 Å². The summed E-state index contributed by atoms with van der Waals surface area (Å²) < 4.78 is 29.9. The minimum absolute atomic E-state index is 0.0843. The molecule has 2 heterocycles. The first-order valence-corrected chi connectivity index (χ1v) is 17.4. The Morgan fingerprint density at radius 2 is 1.29 bits per heavy atom. The summed E-state index contributed by atoms with van der Waals surface area (Å²) in [6.45, 7) is 21.5. The van der Waals surface area contributed by atoms with Crippen LogP contribution in [0, 0.1) is 27.7 Å². The third-order valence-corrected chi connectivity index (χ3v) is 10.2. The lowest BCUT2D eigenvalue weighted by Crippen LogP contribution is -2.17. The lowest BCUT2D eigenvalue weighted by molar-refractivity contribution is 0.423. The molecule has 0 radical (unpaired) electrons. The zero-order chi connectivity index (χ0) is 30.9. The first kappa shape index (κ1) is 33.3. The Bertz CT molecular complexity index is 1590. The number of benzene rings is 2. The third-order valence-electron chi connectivity index (χ3n) is 7.34. The van der Waals surface area contributed by atoms with Crippen LogP contribution in [0.1, 0.15) is 90.6 Å². The Morgan fingerprint density at radius 1 is 0.732 bits per heavy atom. The molecule has 0 saturated carbocycles. The number of hydrogen-bond donors (Lipinski definition) is 2. The summed E-state index contributed by atoms with van der Waals surface area (Å²) in [7, 11) is -3.81. The van der Waals surface area contributed by atoms with E-state index in [1.54, 1.807) is 0 Å². The van der Waals surface area contributed by atoms with E-state index in [-0.39, 0.29) is 16.6 Å². The molecule has 4 rings (SSSR count). The van der Waals surface area contributed by atoms with Crippen LogP contribution >= 0.6 is 22.7 Å².